The predicted octanol–water partition coefficient (Wildman–Crippen LogP) is 1.94. The van der Waals surface area contributed by atoms with Crippen LogP contribution in [0.5, 0.6) is 0 Å². The van der Waals surface area contributed by atoms with E-state index in [9.17, 15) is 9.59 Å². The van der Waals surface area contributed by atoms with Crippen LogP contribution in [0.3, 0.4) is 0 Å². The summed E-state index contributed by atoms with van der Waals surface area (Å²) in [5.41, 5.74) is 0. The summed E-state index contributed by atoms with van der Waals surface area (Å²) in [6, 6.07) is 0.0721. The average Bonchev–Trinajstić information content (AvgIpc) is 2.89. The first-order valence-corrected chi connectivity index (χ1v) is 6.57. The zero-order chi connectivity index (χ0) is 12.6. The van der Waals surface area contributed by atoms with E-state index in [0.717, 1.165) is 0 Å². The monoisotopic (exact) mass is 279 g/mol. The second kappa shape index (κ2) is 4.65. The number of carbonyl (C=O) groups excluding carboxylic acids is 1. The molecule has 1 atom stereocenters. The van der Waals surface area contributed by atoms with Crippen molar-refractivity contribution >= 4 is 35.1 Å². The van der Waals surface area contributed by atoms with Crippen molar-refractivity contribution in [1.82, 2.24) is 5.32 Å². The number of hydrogen-bond acceptors (Lipinski definition) is 2. The van der Waals surface area contributed by atoms with Gasteiger partial charge in [-0.15, -0.1) is 23.2 Å². The molecular weight excluding hydrogens is 265 g/mol. The Labute approximate surface area is 110 Å². The number of alkyl halides is 2. The number of rotatable bonds is 3. The van der Waals surface area contributed by atoms with Crippen molar-refractivity contribution in [3.63, 3.8) is 0 Å². The molecule has 2 fully saturated rings. The maximum absolute atomic E-state index is 11.7. The molecule has 0 aromatic rings. The third kappa shape index (κ3) is 3.05. The minimum atomic E-state index is -0.887. The van der Waals surface area contributed by atoms with Crippen LogP contribution in [-0.2, 0) is 9.59 Å². The van der Waals surface area contributed by atoms with Crippen molar-refractivity contribution in [2.75, 3.05) is 0 Å². The Morgan fingerprint density at radius 2 is 1.71 bits per heavy atom. The molecule has 0 saturated heterocycles. The van der Waals surface area contributed by atoms with Gasteiger partial charge in [-0.3, -0.25) is 9.59 Å². The van der Waals surface area contributed by atoms with Gasteiger partial charge in [-0.25, -0.2) is 0 Å². The van der Waals surface area contributed by atoms with Crippen LogP contribution in [0.4, 0.5) is 0 Å². The molecule has 0 aromatic heterocycles. The molecule has 6 heteroatoms. The summed E-state index contributed by atoms with van der Waals surface area (Å²) < 4.78 is -0.887. The molecule has 0 bridgehead atoms. The summed E-state index contributed by atoms with van der Waals surface area (Å²) in [6.07, 6.45) is 3.18. The highest BCUT2D eigenvalue weighted by Crippen LogP contribution is 2.53. The van der Waals surface area contributed by atoms with Crippen molar-refractivity contribution in [2.45, 2.75) is 42.5 Å². The van der Waals surface area contributed by atoms with Crippen LogP contribution in [0.25, 0.3) is 0 Å². The summed E-state index contributed by atoms with van der Waals surface area (Å²) in [7, 11) is 0. The number of carboxylic acid groups (broad SMARTS) is 1. The first-order valence-electron chi connectivity index (χ1n) is 5.81. The van der Waals surface area contributed by atoms with Gasteiger partial charge >= 0.3 is 5.97 Å². The molecule has 2 rings (SSSR count). The van der Waals surface area contributed by atoms with Crippen molar-refractivity contribution in [2.24, 2.45) is 11.8 Å². The van der Waals surface area contributed by atoms with Crippen LogP contribution in [-0.4, -0.2) is 27.4 Å². The Balaban J connectivity index is 1.75. The van der Waals surface area contributed by atoms with Gasteiger partial charge in [-0.1, -0.05) is 0 Å². The molecule has 0 aliphatic heterocycles. The lowest BCUT2D eigenvalue weighted by Gasteiger charge is -2.26. The highest BCUT2D eigenvalue weighted by Gasteiger charge is 2.56. The fourth-order valence-electron chi connectivity index (χ4n) is 2.28. The van der Waals surface area contributed by atoms with Gasteiger partial charge in [0.2, 0.25) is 5.91 Å². The lowest BCUT2D eigenvalue weighted by molar-refractivity contribution is -0.142. The molecule has 1 amide bonds. The largest absolute Gasteiger partial charge is 0.481 e. The third-order valence-corrected chi connectivity index (χ3v) is 4.40. The van der Waals surface area contributed by atoms with Crippen LogP contribution in [0.2, 0.25) is 0 Å². The molecule has 2 N–H and O–H groups in total. The van der Waals surface area contributed by atoms with Crippen molar-refractivity contribution in [1.29, 1.82) is 0 Å². The van der Waals surface area contributed by atoms with Gasteiger partial charge in [-0.05, 0) is 32.1 Å². The van der Waals surface area contributed by atoms with Gasteiger partial charge in [-0.2, -0.15) is 0 Å². The number of halogens is 2. The molecular formula is C11H15Cl2NO3. The van der Waals surface area contributed by atoms with E-state index in [1.54, 1.807) is 0 Å². The molecule has 96 valence electrons. The lowest BCUT2D eigenvalue weighted by Crippen LogP contribution is -2.40. The quantitative estimate of drug-likeness (QED) is 0.776. The number of carboxylic acids is 1. The van der Waals surface area contributed by atoms with E-state index in [1.807, 2.05) is 0 Å². The topological polar surface area (TPSA) is 66.4 Å². The van der Waals surface area contributed by atoms with E-state index < -0.39 is 10.3 Å². The van der Waals surface area contributed by atoms with Gasteiger partial charge in [0, 0.05) is 6.04 Å². The molecule has 4 nitrogen and oxygen atoms in total. The maximum Gasteiger partial charge on any atom is 0.306 e. The molecule has 0 aromatic carbocycles. The Hall–Kier alpha value is -0.480. The highest BCUT2D eigenvalue weighted by atomic mass is 35.5. The lowest BCUT2D eigenvalue weighted by atomic mass is 9.86. The third-order valence-electron chi connectivity index (χ3n) is 3.57. The molecule has 2 aliphatic rings. The van der Waals surface area contributed by atoms with E-state index in [1.165, 1.54) is 0 Å². The summed E-state index contributed by atoms with van der Waals surface area (Å²) in [4.78, 5) is 22.5. The van der Waals surface area contributed by atoms with Gasteiger partial charge in [0.05, 0.1) is 11.8 Å². The fourth-order valence-corrected chi connectivity index (χ4v) is 2.79. The van der Waals surface area contributed by atoms with E-state index in [2.05, 4.69) is 5.32 Å². The minimum absolute atomic E-state index is 0.0721. The van der Waals surface area contributed by atoms with Crippen molar-refractivity contribution in [3.8, 4) is 0 Å². The van der Waals surface area contributed by atoms with Crippen LogP contribution in [0, 0.1) is 11.8 Å². The summed E-state index contributed by atoms with van der Waals surface area (Å²) in [5, 5.41) is 11.7. The second-order valence-corrected chi connectivity index (χ2v) is 6.46. The first kappa shape index (κ1) is 13.0. The molecule has 0 unspecified atom stereocenters. The van der Waals surface area contributed by atoms with Crippen LogP contribution in [0.15, 0.2) is 0 Å². The molecule has 0 radical (unpaired) electrons. The van der Waals surface area contributed by atoms with E-state index in [0.29, 0.717) is 32.1 Å². The number of aliphatic carboxylic acids is 1. The van der Waals surface area contributed by atoms with Crippen LogP contribution < -0.4 is 5.32 Å². The SMILES string of the molecule is O=C(O)C1CCC(NC(=O)[C@@H]2CC2(Cl)Cl)CC1. The normalized spacial score (nSPS) is 35.1. The molecule has 17 heavy (non-hydrogen) atoms. The number of carbonyl (C=O) groups is 2. The Morgan fingerprint density at radius 1 is 1.18 bits per heavy atom. The molecule has 0 spiro atoms. The standard InChI is InChI=1S/C11H15Cl2NO3/c12-11(13)5-8(11)9(15)14-7-3-1-6(2-4-7)10(16)17/h6-8H,1-5H2,(H,14,15)(H,16,17)/t6?,7?,8-/m0/s1. The van der Waals surface area contributed by atoms with Crippen molar-refractivity contribution < 1.29 is 14.7 Å². The van der Waals surface area contributed by atoms with Crippen molar-refractivity contribution in [3.05, 3.63) is 0 Å². The Kier molecular flexibility index (Phi) is 3.55. The Bertz CT molecular complexity index is 338. The number of amides is 1. The van der Waals surface area contributed by atoms with E-state index >= 15 is 0 Å². The van der Waals surface area contributed by atoms with Crippen LogP contribution >= 0.6 is 23.2 Å². The number of hydrogen-bond donors (Lipinski definition) is 2. The fraction of sp³-hybridized carbons (Fsp3) is 0.818. The average molecular weight is 280 g/mol. The van der Waals surface area contributed by atoms with Crippen LogP contribution in [0.1, 0.15) is 32.1 Å². The zero-order valence-corrected chi connectivity index (χ0v) is 10.8. The first-order chi connectivity index (χ1) is 7.90. The van der Waals surface area contributed by atoms with E-state index in [4.69, 9.17) is 28.3 Å². The zero-order valence-electron chi connectivity index (χ0n) is 9.29. The summed E-state index contributed by atoms with van der Waals surface area (Å²) >= 11 is 11.6. The number of nitrogens with one attached hydrogen (secondary N) is 1. The molecule has 2 saturated carbocycles. The molecule has 0 heterocycles. The maximum atomic E-state index is 11.7. The van der Waals surface area contributed by atoms with Gasteiger partial charge < -0.3 is 10.4 Å². The van der Waals surface area contributed by atoms with E-state index in [-0.39, 0.29) is 23.8 Å². The van der Waals surface area contributed by atoms with Gasteiger partial charge in [0.1, 0.15) is 4.33 Å². The summed E-state index contributed by atoms with van der Waals surface area (Å²) in [5.74, 6) is -1.40. The highest BCUT2D eigenvalue weighted by molar-refractivity contribution is 6.52. The Morgan fingerprint density at radius 3 is 2.12 bits per heavy atom. The van der Waals surface area contributed by atoms with Gasteiger partial charge in [0.25, 0.3) is 0 Å². The second-order valence-electron chi connectivity index (χ2n) is 4.91. The molecule has 2 aliphatic carbocycles. The van der Waals surface area contributed by atoms with Gasteiger partial charge in [0.15, 0.2) is 0 Å². The predicted molar refractivity (Wildman–Crippen MR) is 64.1 cm³/mol. The summed E-state index contributed by atoms with van der Waals surface area (Å²) in [6.45, 7) is 0. The minimum Gasteiger partial charge on any atom is -0.481 e. The smallest absolute Gasteiger partial charge is 0.306 e.